The molecular weight excluding hydrogens is 337 g/mol. The summed E-state index contributed by atoms with van der Waals surface area (Å²) in [6.45, 7) is 0. The van der Waals surface area contributed by atoms with Gasteiger partial charge >= 0.3 is 6.18 Å². The number of alkyl halides is 3. The molecule has 20 heavy (non-hydrogen) atoms. The normalized spacial score (nSPS) is 11.2. The van der Waals surface area contributed by atoms with Crippen LogP contribution in [0.4, 0.5) is 18.9 Å². The van der Waals surface area contributed by atoms with Gasteiger partial charge in [-0.25, -0.2) is 4.98 Å². The lowest BCUT2D eigenvalue weighted by atomic mass is 10.2. The van der Waals surface area contributed by atoms with Gasteiger partial charge in [0, 0.05) is 17.4 Å². The Morgan fingerprint density at radius 2 is 1.80 bits per heavy atom. The third-order valence-corrected chi connectivity index (χ3v) is 2.89. The van der Waals surface area contributed by atoms with Gasteiger partial charge in [-0.2, -0.15) is 13.2 Å². The van der Waals surface area contributed by atoms with Crippen molar-refractivity contribution in [3.05, 3.63) is 58.3 Å². The second-order valence-corrected chi connectivity index (χ2v) is 4.71. The summed E-state index contributed by atoms with van der Waals surface area (Å²) in [5.41, 5.74) is -0.120. The van der Waals surface area contributed by atoms with E-state index in [0.29, 0.717) is 10.2 Å². The number of carbonyl (C=O) groups excluding carboxylic acids is 1. The second kappa shape index (κ2) is 5.62. The number of halogens is 4. The molecule has 0 aliphatic rings. The fourth-order valence-corrected chi connectivity index (χ4v) is 1.85. The van der Waals surface area contributed by atoms with Crippen LogP contribution in [0.5, 0.6) is 0 Å². The summed E-state index contributed by atoms with van der Waals surface area (Å²) in [5, 5.41) is 2.51. The first-order valence-electron chi connectivity index (χ1n) is 5.46. The highest BCUT2D eigenvalue weighted by Crippen LogP contribution is 2.29. The number of amides is 1. The third-order valence-electron chi connectivity index (χ3n) is 2.46. The average molecular weight is 345 g/mol. The summed E-state index contributed by atoms with van der Waals surface area (Å²) < 4.78 is 37.7. The first kappa shape index (κ1) is 14.5. The summed E-state index contributed by atoms with van der Waals surface area (Å²) in [7, 11) is 0. The van der Waals surface area contributed by atoms with Crippen LogP contribution in [0.1, 0.15) is 15.9 Å². The predicted molar refractivity (Wildman–Crippen MR) is 71.3 cm³/mol. The zero-order valence-corrected chi connectivity index (χ0v) is 11.5. The van der Waals surface area contributed by atoms with Crippen LogP contribution in [0, 0.1) is 0 Å². The molecule has 0 fully saturated rings. The number of hydrogen-bond donors (Lipinski definition) is 1. The lowest BCUT2D eigenvalue weighted by molar-refractivity contribution is -0.137. The molecule has 0 unspecified atom stereocenters. The van der Waals surface area contributed by atoms with Crippen LogP contribution < -0.4 is 5.32 Å². The molecule has 0 spiro atoms. The van der Waals surface area contributed by atoms with Crippen molar-refractivity contribution >= 4 is 27.5 Å². The van der Waals surface area contributed by atoms with Crippen molar-refractivity contribution in [1.29, 1.82) is 0 Å². The maximum Gasteiger partial charge on any atom is 0.416 e. The zero-order valence-electron chi connectivity index (χ0n) is 9.91. The lowest BCUT2D eigenvalue weighted by Crippen LogP contribution is -2.12. The molecule has 1 aromatic carbocycles. The minimum absolute atomic E-state index is 0.288. The van der Waals surface area contributed by atoms with Crippen molar-refractivity contribution in [2.24, 2.45) is 0 Å². The summed E-state index contributed by atoms with van der Waals surface area (Å²) in [6.07, 6.45) is -2.94. The van der Waals surface area contributed by atoms with Gasteiger partial charge in [-0.05, 0) is 52.3 Å². The number of anilines is 1. The summed E-state index contributed by atoms with van der Waals surface area (Å²) in [5.74, 6) is -0.423. The molecule has 1 amide bonds. The summed E-state index contributed by atoms with van der Waals surface area (Å²) in [4.78, 5) is 15.7. The summed E-state index contributed by atoms with van der Waals surface area (Å²) >= 11 is 3.13. The molecule has 2 aromatic rings. The molecule has 104 valence electrons. The van der Waals surface area contributed by atoms with Crippen LogP contribution in [0.3, 0.4) is 0 Å². The fraction of sp³-hybridized carbons (Fsp3) is 0.0769. The van der Waals surface area contributed by atoms with Gasteiger partial charge in [0.15, 0.2) is 0 Å². The van der Waals surface area contributed by atoms with E-state index in [0.717, 1.165) is 12.1 Å². The Kier molecular flexibility index (Phi) is 4.08. The first-order valence-corrected chi connectivity index (χ1v) is 6.26. The lowest BCUT2D eigenvalue weighted by Gasteiger charge is -2.08. The first-order chi connectivity index (χ1) is 9.36. The van der Waals surface area contributed by atoms with E-state index in [9.17, 15) is 18.0 Å². The topological polar surface area (TPSA) is 42.0 Å². The van der Waals surface area contributed by atoms with E-state index >= 15 is 0 Å². The Morgan fingerprint density at radius 1 is 1.15 bits per heavy atom. The number of aromatic nitrogens is 1. The zero-order chi connectivity index (χ0) is 14.8. The molecule has 0 aliphatic carbocycles. The van der Waals surface area contributed by atoms with Gasteiger partial charge in [0.05, 0.1) is 5.56 Å². The molecule has 0 saturated carbocycles. The molecule has 0 aliphatic heterocycles. The highest BCUT2D eigenvalue weighted by atomic mass is 79.9. The average Bonchev–Trinajstić information content (AvgIpc) is 2.38. The number of pyridine rings is 1. The SMILES string of the molecule is O=C(Nc1ccc(C(F)(F)F)cc1)c1ccnc(Br)c1. The molecule has 0 atom stereocenters. The maximum atomic E-state index is 12.4. The third kappa shape index (κ3) is 3.57. The Hall–Kier alpha value is -1.89. The van der Waals surface area contributed by atoms with Crippen LogP contribution in [0.25, 0.3) is 0 Å². The number of carbonyl (C=O) groups is 1. The van der Waals surface area contributed by atoms with Crippen LogP contribution >= 0.6 is 15.9 Å². The smallest absolute Gasteiger partial charge is 0.322 e. The van der Waals surface area contributed by atoms with Crippen molar-refractivity contribution in [1.82, 2.24) is 4.98 Å². The minimum Gasteiger partial charge on any atom is -0.322 e. The number of nitrogens with one attached hydrogen (secondary N) is 1. The highest BCUT2D eigenvalue weighted by Gasteiger charge is 2.29. The van der Waals surface area contributed by atoms with Crippen molar-refractivity contribution < 1.29 is 18.0 Å². The Labute approximate surface area is 121 Å². The largest absolute Gasteiger partial charge is 0.416 e. The van der Waals surface area contributed by atoms with Gasteiger partial charge in [-0.3, -0.25) is 4.79 Å². The van der Waals surface area contributed by atoms with Gasteiger partial charge in [0.2, 0.25) is 0 Å². The van der Waals surface area contributed by atoms with E-state index in [4.69, 9.17) is 0 Å². The highest BCUT2D eigenvalue weighted by molar-refractivity contribution is 9.10. The molecule has 1 aromatic heterocycles. The van der Waals surface area contributed by atoms with Crippen LogP contribution in [-0.4, -0.2) is 10.9 Å². The molecule has 3 nitrogen and oxygen atoms in total. The van der Waals surface area contributed by atoms with E-state index in [1.165, 1.54) is 30.5 Å². The minimum atomic E-state index is -4.39. The standard InChI is InChI=1S/C13H8BrF3N2O/c14-11-7-8(5-6-18-11)12(20)19-10-3-1-9(2-4-10)13(15,16)17/h1-7H,(H,19,20). The maximum absolute atomic E-state index is 12.4. The van der Waals surface area contributed by atoms with Crippen molar-refractivity contribution in [3.63, 3.8) is 0 Å². The predicted octanol–water partition coefficient (Wildman–Crippen LogP) is 4.12. The Morgan fingerprint density at radius 3 is 2.35 bits per heavy atom. The molecule has 1 N–H and O–H groups in total. The Balaban J connectivity index is 2.12. The molecule has 0 radical (unpaired) electrons. The van der Waals surface area contributed by atoms with Gasteiger partial charge in [0.1, 0.15) is 4.60 Å². The fourth-order valence-electron chi connectivity index (χ4n) is 1.49. The molecule has 2 rings (SSSR count). The van der Waals surface area contributed by atoms with Gasteiger partial charge in [-0.1, -0.05) is 0 Å². The number of hydrogen-bond acceptors (Lipinski definition) is 2. The van der Waals surface area contributed by atoms with E-state index in [-0.39, 0.29) is 5.69 Å². The van der Waals surface area contributed by atoms with Gasteiger partial charge < -0.3 is 5.32 Å². The van der Waals surface area contributed by atoms with Crippen molar-refractivity contribution in [2.45, 2.75) is 6.18 Å². The van der Waals surface area contributed by atoms with Gasteiger partial charge in [0.25, 0.3) is 5.91 Å². The van der Waals surface area contributed by atoms with Crippen LogP contribution in [-0.2, 0) is 6.18 Å². The molecule has 0 bridgehead atoms. The number of benzene rings is 1. The van der Waals surface area contributed by atoms with E-state index in [1.807, 2.05) is 0 Å². The van der Waals surface area contributed by atoms with Crippen molar-refractivity contribution in [3.8, 4) is 0 Å². The van der Waals surface area contributed by atoms with E-state index in [2.05, 4.69) is 26.2 Å². The Bertz CT molecular complexity index is 626. The van der Waals surface area contributed by atoms with Gasteiger partial charge in [-0.15, -0.1) is 0 Å². The van der Waals surface area contributed by atoms with Crippen LogP contribution in [0.15, 0.2) is 47.2 Å². The molecular formula is C13H8BrF3N2O. The van der Waals surface area contributed by atoms with Crippen molar-refractivity contribution in [2.75, 3.05) is 5.32 Å². The second-order valence-electron chi connectivity index (χ2n) is 3.90. The number of nitrogens with zero attached hydrogens (tertiary/aromatic N) is 1. The number of rotatable bonds is 2. The molecule has 1 heterocycles. The monoisotopic (exact) mass is 344 g/mol. The molecule has 7 heteroatoms. The summed E-state index contributed by atoms with van der Waals surface area (Å²) in [6, 6.07) is 7.26. The van der Waals surface area contributed by atoms with E-state index in [1.54, 1.807) is 0 Å². The quantitative estimate of drug-likeness (QED) is 0.833. The molecule has 0 saturated heterocycles. The van der Waals surface area contributed by atoms with Crippen LogP contribution in [0.2, 0.25) is 0 Å². The van der Waals surface area contributed by atoms with E-state index < -0.39 is 17.6 Å².